The Hall–Kier alpha value is -0.980. The molecule has 0 atom stereocenters. The van der Waals surface area contributed by atoms with Crippen molar-refractivity contribution in [2.75, 3.05) is 0 Å². The van der Waals surface area contributed by atoms with Crippen LogP contribution in [0.15, 0.2) is 6.07 Å². The molecule has 0 aliphatic heterocycles. The van der Waals surface area contributed by atoms with Gasteiger partial charge in [-0.1, -0.05) is 26.8 Å². The lowest BCUT2D eigenvalue weighted by atomic mass is 9.78. The van der Waals surface area contributed by atoms with Crippen molar-refractivity contribution in [2.45, 2.75) is 79.8 Å². The lowest BCUT2D eigenvalue weighted by Gasteiger charge is -2.30. The van der Waals surface area contributed by atoms with E-state index >= 15 is 0 Å². The third-order valence-electron chi connectivity index (χ3n) is 4.05. The van der Waals surface area contributed by atoms with E-state index in [1.54, 1.807) is 0 Å². The number of benzene rings is 1. The van der Waals surface area contributed by atoms with Gasteiger partial charge >= 0.3 is 0 Å². The van der Waals surface area contributed by atoms with Crippen LogP contribution in [0.3, 0.4) is 0 Å². The van der Waals surface area contributed by atoms with Gasteiger partial charge in [0.05, 0.1) is 0 Å². The fraction of sp³-hybridized carbons (Fsp3) is 0.667. The molecule has 0 radical (unpaired) electrons. The maximum Gasteiger partial charge on any atom is 0.126 e. The van der Waals surface area contributed by atoms with Crippen molar-refractivity contribution in [3.05, 3.63) is 28.3 Å². The minimum Gasteiger partial charge on any atom is -0.488 e. The molecular weight excluding hydrogens is 232 g/mol. The SMILES string of the molecule is CCC(C)(C)c1cc(C)c(OC(C)(C)C)c(C)c1C. The van der Waals surface area contributed by atoms with Gasteiger partial charge < -0.3 is 4.74 Å². The van der Waals surface area contributed by atoms with Crippen LogP contribution in [-0.4, -0.2) is 5.60 Å². The Labute approximate surface area is 119 Å². The average molecular weight is 262 g/mol. The fourth-order valence-corrected chi connectivity index (χ4v) is 2.41. The number of hydrogen-bond donors (Lipinski definition) is 0. The Morgan fingerprint density at radius 1 is 0.947 bits per heavy atom. The minimum atomic E-state index is -0.149. The van der Waals surface area contributed by atoms with Gasteiger partial charge in [0.15, 0.2) is 0 Å². The van der Waals surface area contributed by atoms with E-state index in [0.29, 0.717) is 0 Å². The molecule has 1 aromatic rings. The van der Waals surface area contributed by atoms with E-state index in [9.17, 15) is 0 Å². The topological polar surface area (TPSA) is 9.23 Å². The van der Waals surface area contributed by atoms with E-state index in [2.05, 4.69) is 68.4 Å². The number of rotatable bonds is 3. The first-order valence-electron chi connectivity index (χ1n) is 7.30. The van der Waals surface area contributed by atoms with Crippen LogP contribution in [0.4, 0.5) is 0 Å². The van der Waals surface area contributed by atoms with Gasteiger partial charge in [-0.25, -0.2) is 0 Å². The molecule has 1 aromatic carbocycles. The summed E-state index contributed by atoms with van der Waals surface area (Å²) in [6, 6.07) is 2.31. The molecule has 0 bridgehead atoms. The summed E-state index contributed by atoms with van der Waals surface area (Å²) >= 11 is 0. The van der Waals surface area contributed by atoms with Gasteiger partial charge in [-0.15, -0.1) is 0 Å². The molecule has 0 saturated carbocycles. The zero-order valence-electron chi connectivity index (χ0n) is 14.2. The van der Waals surface area contributed by atoms with Crippen LogP contribution in [0.1, 0.15) is 70.2 Å². The van der Waals surface area contributed by atoms with Crippen molar-refractivity contribution < 1.29 is 4.74 Å². The van der Waals surface area contributed by atoms with Crippen molar-refractivity contribution in [1.29, 1.82) is 0 Å². The predicted octanol–water partition coefficient (Wildman–Crippen LogP) is 5.48. The van der Waals surface area contributed by atoms with Crippen LogP contribution >= 0.6 is 0 Å². The summed E-state index contributed by atoms with van der Waals surface area (Å²) in [4.78, 5) is 0. The van der Waals surface area contributed by atoms with Crippen LogP contribution < -0.4 is 4.74 Å². The van der Waals surface area contributed by atoms with Crippen LogP contribution in [0.5, 0.6) is 5.75 Å². The zero-order valence-corrected chi connectivity index (χ0v) is 14.2. The van der Waals surface area contributed by atoms with E-state index in [1.807, 2.05) is 0 Å². The van der Waals surface area contributed by atoms with Gasteiger partial charge in [0.2, 0.25) is 0 Å². The highest BCUT2D eigenvalue weighted by molar-refractivity contribution is 5.51. The Balaban J connectivity index is 3.40. The Bertz CT molecular complexity index is 462. The third-order valence-corrected chi connectivity index (χ3v) is 4.05. The Kier molecular flexibility index (Phi) is 4.39. The molecule has 0 aliphatic carbocycles. The zero-order chi connectivity index (χ0) is 15.0. The Morgan fingerprint density at radius 3 is 1.89 bits per heavy atom. The highest BCUT2D eigenvalue weighted by Crippen LogP contribution is 2.37. The molecule has 0 fully saturated rings. The highest BCUT2D eigenvalue weighted by atomic mass is 16.5. The largest absolute Gasteiger partial charge is 0.488 e. The molecule has 1 nitrogen and oxygen atoms in total. The van der Waals surface area contributed by atoms with Crippen LogP contribution in [-0.2, 0) is 5.41 Å². The average Bonchev–Trinajstić information content (AvgIpc) is 2.28. The third kappa shape index (κ3) is 3.52. The van der Waals surface area contributed by atoms with Gasteiger partial charge in [0.25, 0.3) is 0 Å². The van der Waals surface area contributed by atoms with E-state index in [4.69, 9.17) is 4.74 Å². The lowest BCUT2D eigenvalue weighted by molar-refractivity contribution is 0.128. The number of ether oxygens (including phenoxy) is 1. The first-order valence-corrected chi connectivity index (χ1v) is 7.30. The quantitative estimate of drug-likeness (QED) is 0.701. The second-order valence-corrected chi connectivity index (χ2v) is 7.27. The molecule has 1 rings (SSSR count). The summed E-state index contributed by atoms with van der Waals surface area (Å²) in [5.41, 5.74) is 5.42. The van der Waals surface area contributed by atoms with Gasteiger partial charge in [0.1, 0.15) is 11.4 Å². The van der Waals surface area contributed by atoms with E-state index in [0.717, 1.165) is 12.2 Å². The van der Waals surface area contributed by atoms with Crippen molar-refractivity contribution in [1.82, 2.24) is 0 Å². The van der Waals surface area contributed by atoms with Crippen molar-refractivity contribution in [2.24, 2.45) is 0 Å². The molecular formula is C18H30O. The van der Waals surface area contributed by atoms with Crippen LogP contribution in [0, 0.1) is 20.8 Å². The normalized spacial score (nSPS) is 12.7. The van der Waals surface area contributed by atoms with Crippen LogP contribution in [0.2, 0.25) is 0 Å². The van der Waals surface area contributed by atoms with E-state index in [-0.39, 0.29) is 11.0 Å². The van der Waals surface area contributed by atoms with Gasteiger partial charge in [-0.3, -0.25) is 0 Å². The second-order valence-electron chi connectivity index (χ2n) is 7.27. The molecule has 0 N–H and O–H groups in total. The molecule has 1 heteroatoms. The summed E-state index contributed by atoms with van der Waals surface area (Å²) in [5.74, 6) is 1.06. The number of hydrogen-bond acceptors (Lipinski definition) is 1. The highest BCUT2D eigenvalue weighted by Gasteiger charge is 2.24. The summed E-state index contributed by atoms with van der Waals surface area (Å²) < 4.78 is 6.15. The molecule has 0 saturated heterocycles. The summed E-state index contributed by atoms with van der Waals surface area (Å²) in [5, 5.41) is 0. The number of aryl methyl sites for hydroxylation is 1. The maximum absolute atomic E-state index is 6.15. The summed E-state index contributed by atoms with van der Waals surface area (Å²) in [6.07, 6.45) is 1.15. The molecule has 0 aromatic heterocycles. The molecule has 0 aliphatic rings. The van der Waals surface area contributed by atoms with E-state index < -0.39 is 0 Å². The van der Waals surface area contributed by atoms with Gasteiger partial charge in [0, 0.05) is 0 Å². The molecule has 0 heterocycles. The standard InChI is InChI=1S/C18H30O/c1-10-18(8,9)15-11-12(2)16(14(4)13(15)3)19-17(5,6)7/h11H,10H2,1-9H3. The molecule has 19 heavy (non-hydrogen) atoms. The van der Waals surface area contributed by atoms with E-state index in [1.165, 1.54) is 22.3 Å². The van der Waals surface area contributed by atoms with Crippen molar-refractivity contribution >= 4 is 0 Å². The monoisotopic (exact) mass is 262 g/mol. The smallest absolute Gasteiger partial charge is 0.126 e. The summed E-state index contributed by atoms with van der Waals surface area (Å²) in [6.45, 7) is 19.8. The molecule has 108 valence electrons. The molecule has 0 spiro atoms. The van der Waals surface area contributed by atoms with Crippen molar-refractivity contribution in [3.8, 4) is 5.75 Å². The predicted molar refractivity (Wildman–Crippen MR) is 84.4 cm³/mol. The first kappa shape index (κ1) is 16.1. The lowest BCUT2D eigenvalue weighted by Crippen LogP contribution is -2.25. The first-order chi connectivity index (χ1) is 8.49. The van der Waals surface area contributed by atoms with Crippen LogP contribution in [0.25, 0.3) is 0 Å². The maximum atomic E-state index is 6.15. The molecule has 0 amide bonds. The second kappa shape index (κ2) is 5.19. The van der Waals surface area contributed by atoms with Crippen molar-refractivity contribution in [3.63, 3.8) is 0 Å². The minimum absolute atomic E-state index is 0.149. The van der Waals surface area contributed by atoms with Gasteiger partial charge in [-0.05, 0) is 75.6 Å². The summed E-state index contributed by atoms with van der Waals surface area (Å²) in [7, 11) is 0. The Morgan fingerprint density at radius 2 is 1.47 bits per heavy atom. The van der Waals surface area contributed by atoms with Gasteiger partial charge in [-0.2, -0.15) is 0 Å². The molecule has 0 unspecified atom stereocenters. The fourth-order valence-electron chi connectivity index (χ4n) is 2.41.